The van der Waals surface area contributed by atoms with Crippen molar-refractivity contribution in [2.24, 2.45) is 0 Å². The van der Waals surface area contributed by atoms with Crippen LogP contribution in [0.1, 0.15) is 24.2 Å². The highest BCUT2D eigenvalue weighted by atomic mass is 79.9. The minimum atomic E-state index is -0.929. The molecule has 100 valence electrons. The molecule has 0 fully saturated rings. The third-order valence-corrected chi connectivity index (χ3v) is 3.79. The summed E-state index contributed by atoms with van der Waals surface area (Å²) in [7, 11) is 4.07. The minimum Gasteiger partial charge on any atom is -0.478 e. The van der Waals surface area contributed by atoms with Crippen molar-refractivity contribution in [1.29, 1.82) is 0 Å². The van der Waals surface area contributed by atoms with Crippen LogP contribution in [0.25, 0.3) is 0 Å². The standard InChI is InChI=1S/C13H19BrN2O2/c1-13(2,16(3)4)8-15-9-5-6-10(12(17)18)11(14)7-9/h5-7,15H,8H2,1-4H3,(H,17,18). The third-order valence-electron chi connectivity index (χ3n) is 3.14. The third kappa shape index (κ3) is 3.71. The van der Waals surface area contributed by atoms with Gasteiger partial charge in [0.15, 0.2) is 0 Å². The van der Waals surface area contributed by atoms with Crippen LogP contribution >= 0.6 is 15.9 Å². The molecule has 1 aromatic carbocycles. The average Bonchev–Trinajstić information content (AvgIpc) is 2.25. The number of carboxylic acids is 1. The fourth-order valence-electron chi connectivity index (χ4n) is 1.27. The lowest BCUT2D eigenvalue weighted by Gasteiger charge is -2.33. The Morgan fingerprint density at radius 3 is 2.50 bits per heavy atom. The van der Waals surface area contributed by atoms with Gasteiger partial charge in [-0.1, -0.05) is 0 Å². The highest BCUT2D eigenvalue weighted by molar-refractivity contribution is 9.10. The van der Waals surface area contributed by atoms with E-state index in [9.17, 15) is 4.79 Å². The van der Waals surface area contributed by atoms with Crippen molar-refractivity contribution in [3.63, 3.8) is 0 Å². The highest BCUT2D eigenvalue weighted by Crippen LogP contribution is 2.22. The van der Waals surface area contributed by atoms with Crippen LogP contribution in [0.5, 0.6) is 0 Å². The Kier molecular flexibility index (Phi) is 4.76. The Balaban J connectivity index is 2.76. The molecule has 0 saturated heterocycles. The molecule has 0 aliphatic rings. The SMILES string of the molecule is CN(C)C(C)(C)CNc1ccc(C(=O)O)c(Br)c1. The van der Waals surface area contributed by atoms with Gasteiger partial charge in [-0.05, 0) is 62.1 Å². The maximum atomic E-state index is 10.9. The highest BCUT2D eigenvalue weighted by Gasteiger charge is 2.20. The summed E-state index contributed by atoms with van der Waals surface area (Å²) in [5.74, 6) is -0.929. The number of nitrogens with zero attached hydrogens (tertiary/aromatic N) is 1. The van der Waals surface area contributed by atoms with E-state index < -0.39 is 5.97 Å². The molecule has 0 aromatic heterocycles. The van der Waals surface area contributed by atoms with Gasteiger partial charge in [0, 0.05) is 22.2 Å². The van der Waals surface area contributed by atoms with Crippen LogP contribution in [0.15, 0.2) is 22.7 Å². The van der Waals surface area contributed by atoms with Gasteiger partial charge in [-0.25, -0.2) is 4.79 Å². The molecular weight excluding hydrogens is 296 g/mol. The van der Waals surface area contributed by atoms with E-state index in [1.165, 1.54) is 0 Å². The van der Waals surface area contributed by atoms with Gasteiger partial charge in [0.25, 0.3) is 0 Å². The molecular formula is C13H19BrN2O2. The van der Waals surface area contributed by atoms with E-state index in [0.717, 1.165) is 12.2 Å². The molecule has 0 bridgehead atoms. The molecule has 0 saturated carbocycles. The molecule has 1 rings (SSSR count). The van der Waals surface area contributed by atoms with E-state index in [0.29, 0.717) is 4.47 Å². The molecule has 0 aliphatic heterocycles. The summed E-state index contributed by atoms with van der Waals surface area (Å²) >= 11 is 3.27. The Hall–Kier alpha value is -1.07. The van der Waals surface area contributed by atoms with Crippen LogP contribution < -0.4 is 5.32 Å². The molecule has 1 aromatic rings. The molecule has 0 amide bonds. The van der Waals surface area contributed by atoms with Crippen LogP contribution in [0, 0.1) is 0 Å². The molecule has 4 nitrogen and oxygen atoms in total. The number of hydrogen-bond acceptors (Lipinski definition) is 3. The van der Waals surface area contributed by atoms with Crippen molar-refractivity contribution in [3.8, 4) is 0 Å². The Labute approximate surface area is 116 Å². The monoisotopic (exact) mass is 314 g/mol. The molecule has 0 atom stereocenters. The van der Waals surface area contributed by atoms with E-state index in [1.54, 1.807) is 18.2 Å². The molecule has 0 spiro atoms. The lowest BCUT2D eigenvalue weighted by Crippen LogP contribution is -2.44. The second-order valence-corrected chi connectivity index (χ2v) is 5.91. The van der Waals surface area contributed by atoms with E-state index in [1.807, 2.05) is 14.1 Å². The van der Waals surface area contributed by atoms with E-state index in [-0.39, 0.29) is 11.1 Å². The number of anilines is 1. The second-order valence-electron chi connectivity index (χ2n) is 5.06. The fourth-order valence-corrected chi connectivity index (χ4v) is 1.82. The Morgan fingerprint density at radius 1 is 1.44 bits per heavy atom. The topological polar surface area (TPSA) is 52.6 Å². The number of rotatable bonds is 5. The summed E-state index contributed by atoms with van der Waals surface area (Å²) in [4.78, 5) is 13.0. The largest absolute Gasteiger partial charge is 0.478 e. The van der Waals surface area contributed by atoms with Crippen molar-refractivity contribution >= 4 is 27.6 Å². The van der Waals surface area contributed by atoms with Gasteiger partial charge in [0.2, 0.25) is 0 Å². The fraction of sp³-hybridized carbons (Fsp3) is 0.462. The summed E-state index contributed by atoms with van der Waals surface area (Å²) in [5.41, 5.74) is 1.20. The molecule has 0 unspecified atom stereocenters. The quantitative estimate of drug-likeness (QED) is 0.877. The zero-order valence-corrected chi connectivity index (χ0v) is 12.7. The summed E-state index contributed by atoms with van der Waals surface area (Å²) in [6.07, 6.45) is 0. The van der Waals surface area contributed by atoms with Gasteiger partial charge >= 0.3 is 5.97 Å². The lowest BCUT2D eigenvalue weighted by atomic mass is 10.0. The Morgan fingerprint density at radius 2 is 2.06 bits per heavy atom. The predicted molar refractivity (Wildman–Crippen MR) is 77.4 cm³/mol. The number of carboxylic acid groups (broad SMARTS) is 1. The van der Waals surface area contributed by atoms with Crippen molar-refractivity contribution < 1.29 is 9.90 Å². The van der Waals surface area contributed by atoms with Gasteiger partial charge < -0.3 is 15.3 Å². The summed E-state index contributed by atoms with van der Waals surface area (Å²) in [5, 5.41) is 12.2. The molecule has 18 heavy (non-hydrogen) atoms. The normalized spacial score (nSPS) is 11.7. The summed E-state index contributed by atoms with van der Waals surface area (Å²) in [6, 6.07) is 5.16. The molecule has 0 aliphatic carbocycles. The first-order valence-electron chi connectivity index (χ1n) is 5.68. The molecule has 5 heteroatoms. The predicted octanol–water partition coefficient (Wildman–Crippen LogP) is 2.90. The van der Waals surface area contributed by atoms with Crippen molar-refractivity contribution in [1.82, 2.24) is 4.90 Å². The van der Waals surface area contributed by atoms with E-state index >= 15 is 0 Å². The first kappa shape index (κ1) is 15.0. The number of aromatic carboxylic acids is 1. The smallest absolute Gasteiger partial charge is 0.336 e. The first-order valence-corrected chi connectivity index (χ1v) is 6.47. The van der Waals surface area contributed by atoms with Crippen LogP contribution in [0.4, 0.5) is 5.69 Å². The zero-order chi connectivity index (χ0) is 13.9. The van der Waals surface area contributed by atoms with E-state index in [4.69, 9.17) is 5.11 Å². The molecule has 0 heterocycles. The molecule has 2 N–H and O–H groups in total. The number of hydrogen-bond donors (Lipinski definition) is 2. The van der Waals surface area contributed by atoms with Crippen LogP contribution in [-0.4, -0.2) is 42.2 Å². The van der Waals surface area contributed by atoms with Crippen molar-refractivity contribution in [3.05, 3.63) is 28.2 Å². The number of likely N-dealkylation sites (N-methyl/N-ethyl adjacent to an activating group) is 1. The van der Waals surface area contributed by atoms with Gasteiger partial charge in [0.05, 0.1) is 5.56 Å². The summed E-state index contributed by atoms with van der Waals surface area (Å²) < 4.78 is 0.586. The number of halogens is 1. The van der Waals surface area contributed by atoms with Crippen LogP contribution in [-0.2, 0) is 0 Å². The molecule has 0 radical (unpaired) electrons. The van der Waals surface area contributed by atoms with Crippen LogP contribution in [0.2, 0.25) is 0 Å². The number of benzene rings is 1. The Bertz CT molecular complexity index is 445. The van der Waals surface area contributed by atoms with Crippen LogP contribution in [0.3, 0.4) is 0 Å². The average molecular weight is 315 g/mol. The van der Waals surface area contributed by atoms with Gasteiger partial charge in [-0.3, -0.25) is 0 Å². The number of nitrogens with one attached hydrogen (secondary N) is 1. The summed E-state index contributed by atoms with van der Waals surface area (Å²) in [6.45, 7) is 5.06. The first-order chi connectivity index (χ1) is 8.24. The van der Waals surface area contributed by atoms with Gasteiger partial charge in [0.1, 0.15) is 0 Å². The van der Waals surface area contributed by atoms with Crippen molar-refractivity contribution in [2.75, 3.05) is 26.0 Å². The maximum absolute atomic E-state index is 10.9. The minimum absolute atomic E-state index is 0.0257. The van der Waals surface area contributed by atoms with E-state index in [2.05, 4.69) is 40.0 Å². The van der Waals surface area contributed by atoms with Crippen molar-refractivity contribution in [2.45, 2.75) is 19.4 Å². The second kappa shape index (κ2) is 5.71. The maximum Gasteiger partial charge on any atom is 0.336 e. The number of carbonyl (C=O) groups is 1. The van der Waals surface area contributed by atoms with Gasteiger partial charge in [-0.2, -0.15) is 0 Å². The van der Waals surface area contributed by atoms with Gasteiger partial charge in [-0.15, -0.1) is 0 Å². The zero-order valence-electron chi connectivity index (χ0n) is 11.1. The lowest BCUT2D eigenvalue weighted by molar-refractivity contribution is 0.0696.